The van der Waals surface area contributed by atoms with Gasteiger partial charge in [-0.05, 0) is 63.9 Å². The fourth-order valence-corrected chi connectivity index (χ4v) is 9.41. The Bertz CT molecular complexity index is 1300. The van der Waals surface area contributed by atoms with Crippen molar-refractivity contribution in [2.45, 2.75) is 296 Å². The number of hydrogen-bond donors (Lipinski definition) is 2. The van der Waals surface area contributed by atoms with Gasteiger partial charge in [-0.25, -0.2) is 4.57 Å². The molecule has 412 valence electrons. The number of esters is 1. The van der Waals surface area contributed by atoms with E-state index in [2.05, 4.69) is 50.4 Å². The molecule has 0 saturated heterocycles. The van der Waals surface area contributed by atoms with Gasteiger partial charge in [-0.2, -0.15) is 0 Å². The molecule has 0 aromatic rings. The summed E-state index contributed by atoms with van der Waals surface area (Å²) in [5, 5.41) is 3.05. The number of rotatable bonds is 54. The summed E-state index contributed by atoms with van der Waals surface area (Å²) in [6.45, 7) is 7.00. The highest BCUT2D eigenvalue weighted by Crippen LogP contribution is 2.43. The van der Waals surface area contributed by atoms with Crippen molar-refractivity contribution in [1.82, 2.24) is 5.32 Å². The molecule has 3 unspecified atom stereocenters. The fourth-order valence-electron chi connectivity index (χ4n) is 8.68. The van der Waals surface area contributed by atoms with Gasteiger partial charge in [0.25, 0.3) is 0 Å². The molecule has 0 aliphatic rings. The molecule has 0 bridgehead atoms. The maximum Gasteiger partial charge on any atom is 0.472 e. The van der Waals surface area contributed by atoms with Gasteiger partial charge < -0.3 is 19.4 Å². The summed E-state index contributed by atoms with van der Waals surface area (Å²) in [5.41, 5.74) is 0. The van der Waals surface area contributed by atoms with Crippen LogP contribution in [0.5, 0.6) is 0 Å². The van der Waals surface area contributed by atoms with E-state index >= 15 is 0 Å². The number of ether oxygens (including phenoxy) is 1. The number of carbonyl (C=O) groups excluding carboxylic acids is 2. The van der Waals surface area contributed by atoms with Crippen LogP contribution < -0.4 is 5.32 Å². The first-order valence-electron chi connectivity index (χ1n) is 29.8. The lowest BCUT2D eigenvalue weighted by Crippen LogP contribution is -2.47. The van der Waals surface area contributed by atoms with Crippen LogP contribution >= 0.6 is 7.82 Å². The summed E-state index contributed by atoms with van der Waals surface area (Å²) >= 11 is 0. The van der Waals surface area contributed by atoms with Crippen LogP contribution in [0.15, 0.2) is 36.5 Å². The maximum atomic E-state index is 13.5. The number of allylic oxidation sites excluding steroid dienone is 5. The third-order valence-electron chi connectivity index (χ3n) is 13.3. The molecule has 2 N–H and O–H groups in total. The Hall–Kier alpha value is -1.77. The quantitative estimate of drug-likeness (QED) is 0.0205. The van der Waals surface area contributed by atoms with Crippen molar-refractivity contribution in [2.24, 2.45) is 0 Å². The standard InChI is InChI=1S/C60H115N2O7P/c1-7-10-13-16-19-22-25-27-29-30-31-32-33-34-37-40-43-46-49-52-59(63)61-57(56-68-70(65,66)67-55-54-62(4,5)6)58(51-48-45-42-39-36-24-21-18-15-12-9-3)69-60(64)53-50-47-44-41-38-35-28-26-23-20-17-14-11-8-2/h19,22,27,29,48,51,57-58H,7-18,20-21,23-26,28,30-47,49-50,52-56H2,1-6H3,(H-,61,63,65,66)/p+1/b22-19-,29-27-,51-48-. The number of likely N-dealkylation sites (N-methyl/N-ethyl adjacent to an activating group) is 1. The molecule has 0 saturated carbocycles. The largest absolute Gasteiger partial charge is 0.472 e. The molecule has 70 heavy (non-hydrogen) atoms. The van der Waals surface area contributed by atoms with Crippen molar-refractivity contribution < 1.29 is 37.3 Å². The van der Waals surface area contributed by atoms with E-state index in [4.69, 9.17) is 13.8 Å². The Morgan fingerprint density at radius 3 is 1.31 bits per heavy atom. The minimum absolute atomic E-state index is 0.0414. The molecule has 0 aliphatic heterocycles. The van der Waals surface area contributed by atoms with E-state index in [-0.39, 0.29) is 25.1 Å². The van der Waals surface area contributed by atoms with Crippen LogP contribution in [0.25, 0.3) is 0 Å². The van der Waals surface area contributed by atoms with Crippen molar-refractivity contribution >= 4 is 19.7 Å². The number of quaternary nitrogens is 1. The highest BCUT2D eigenvalue weighted by Gasteiger charge is 2.30. The molecular weight excluding hydrogens is 892 g/mol. The Morgan fingerprint density at radius 1 is 0.500 bits per heavy atom. The summed E-state index contributed by atoms with van der Waals surface area (Å²) in [4.78, 5) is 37.6. The highest BCUT2D eigenvalue weighted by molar-refractivity contribution is 7.47. The van der Waals surface area contributed by atoms with Crippen molar-refractivity contribution in [3.05, 3.63) is 36.5 Å². The van der Waals surface area contributed by atoms with E-state index in [1.54, 1.807) is 0 Å². The number of carbonyl (C=O) groups is 2. The molecule has 0 spiro atoms. The van der Waals surface area contributed by atoms with Gasteiger partial charge in [-0.3, -0.25) is 18.6 Å². The van der Waals surface area contributed by atoms with Crippen molar-refractivity contribution in [1.29, 1.82) is 0 Å². The SMILES string of the molecule is CCCCC/C=C\C/C=C\CCCCCCCCCCCC(=O)NC(COP(=O)(O)OCC[N+](C)(C)C)C(/C=C\CCCCCCCCCCC)OC(=O)CCCCCCCCCCCCCCCC. The first-order valence-corrected chi connectivity index (χ1v) is 31.3. The summed E-state index contributed by atoms with van der Waals surface area (Å²) in [6.07, 6.45) is 59.9. The van der Waals surface area contributed by atoms with Gasteiger partial charge in [0.2, 0.25) is 5.91 Å². The van der Waals surface area contributed by atoms with Crippen LogP contribution in [-0.4, -0.2) is 74.3 Å². The monoisotopic (exact) mass is 1010 g/mol. The lowest BCUT2D eigenvalue weighted by atomic mass is 10.0. The lowest BCUT2D eigenvalue weighted by Gasteiger charge is -2.27. The normalized spacial score (nSPS) is 14.0. The van der Waals surface area contributed by atoms with Crippen LogP contribution in [0.2, 0.25) is 0 Å². The Labute approximate surface area is 434 Å². The van der Waals surface area contributed by atoms with Gasteiger partial charge in [0.1, 0.15) is 19.3 Å². The molecule has 0 aromatic heterocycles. The number of nitrogens with zero attached hydrogens (tertiary/aromatic N) is 1. The number of nitrogens with one attached hydrogen (secondary N) is 1. The zero-order valence-corrected chi connectivity index (χ0v) is 47.9. The molecule has 0 rings (SSSR count). The second-order valence-electron chi connectivity index (χ2n) is 21.5. The van der Waals surface area contributed by atoms with E-state index in [1.165, 1.54) is 186 Å². The molecule has 0 aliphatic carbocycles. The smallest absolute Gasteiger partial charge is 0.456 e. The molecule has 9 nitrogen and oxygen atoms in total. The molecule has 0 radical (unpaired) electrons. The second-order valence-corrected chi connectivity index (χ2v) is 23.0. The number of unbranched alkanes of at least 4 members (excludes halogenated alkanes) is 34. The third kappa shape index (κ3) is 51.1. The second kappa shape index (κ2) is 50.7. The van der Waals surface area contributed by atoms with Crippen LogP contribution in [0.4, 0.5) is 0 Å². The van der Waals surface area contributed by atoms with E-state index in [0.717, 1.165) is 64.2 Å². The average Bonchev–Trinajstić information content (AvgIpc) is 3.32. The zero-order valence-electron chi connectivity index (χ0n) is 47.0. The lowest BCUT2D eigenvalue weighted by molar-refractivity contribution is -0.870. The van der Waals surface area contributed by atoms with Crippen molar-refractivity contribution in [3.63, 3.8) is 0 Å². The minimum Gasteiger partial charge on any atom is -0.456 e. The summed E-state index contributed by atoms with van der Waals surface area (Å²) in [6, 6.07) is -0.845. The molecule has 0 aromatic carbocycles. The maximum absolute atomic E-state index is 13.5. The zero-order chi connectivity index (χ0) is 51.5. The Balaban J connectivity index is 5.24. The minimum atomic E-state index is -4.44. The van der Waals surface area contributed by atoms with Crippen LogP contribution in [0, 0.1) is 0 Å². The van der Waals surface area contributed by atoms with Gasteiger partial charge in [0.15, 0.2) is 0 Å². The summed E-state index contributed by atoms with van der Waals surface area (Å²) < 4.78 is 30.6. The molecular formula is C60H116N2O7P+. The van der Waals surface area contributed by atoms with Gasteiger partial charge >= 0.3 is 13.8 Å². The predicted molar refractivity (Wildman–Crippen MR) is 300 cm³/mol. The molecule has 0 fully saturated rings. The molecule has 0 heterocycles. The summed E-state index contributed by atoms with van der Waals surface area (Å²) in [5.74, 6) is -0.500. The average molecular weight is 1010 g/mol. The first-order chi connectivity index (χ1) is 33.9. The van der Waals surface area contributed by atoms with E-state index in [0.29, 0.717) is 23.9 Å². The van der Waals surface area contributed by atoms with Crippen molar-refractivity contribution in [2.75, 3.05) is 40.9 Å². The Morgan fingerprint density at radius 2 is 0.871 bits per heavy atom. The predicted octanol–water partition coefficient (Wildman–Crippen LogP) is 17.9. The van der Waals surface area contributed by atoms with Gasteiger partial charge in [0, 0.05) is 12.8 Å². The topological polar surface area (TPSA) is 111 Å². The van der Waals surface area contributed by atoms with Crippen LogP contribution in [0.3, 0.4) is 0 Å². The van der Waals surface area contributed by atoms with E-state index in [1.807, 2.05) is 33.3 Å². The summed E-state index contributed by atoms with van der Waals surface area (Å²) in [7, 11) is 1.50. The number of phosphoric ester groups is 1. The Kier molecular flexibility index (Phi) is 49.5. The van der Waals surface area contributed by atoms with Crippen molar-refractivity contribution in [3.8, 4) is 0 Å². The highest BCUT2D eigenvalue weighted by atomic mass is 31.2. The number of phosphoric acid groups is 1. The van der Waals surface area contributed by atoms with Gasteiger partial charge in [-0.1, -0.05) is 244 Å². The van der Waals surface area contributed by atoms with E-state index < -0.39 is 20.0 Å². The molecule has 1 amide bonds. The fraction of sp³-hybridized carbons (Fsp3) is 0.867. The van der Waals surface area contributed by atoms with Crippen LogP contribution in [-0.2, 0) is 27.9 Å². The van der Waals surface area contributed by atoms with E-state index in [9.17, 15) is 19.0 Å². The number of amides is 1. The van der Waals surface area contributed by atoms with Crippen LogP contribution in [0.1, 0.15) is 284 Å². The first kappa shape index (κ1) is 68.2. The number of hydrogen-bond acceptors (Lipinski definition) is 6. The van der Waals surface area contributed by atoms with Gasteiger partial charge in [-0.15, -0.1) is 0 Å². The van der Waals surface area contributed by atoms with Gasteiger partial charge in [0.05, 0.1) is 33.8 Å². The third-order valence-corrected chi connectivity index (χ3v) is 14.3. The molecule has 10 heteroatoms. The molecule has 3 atom stereocenters.